The van der Waals surface area contributed by atoms with Crippen LogP contribution in [0.1, 0.15) is 67.9 Å². The summed E-state index contributed by atoms with van der Waals surface area (Å²) in [5, 5.41) is 5.70. The molecule has 2 amide bonds. The van der Waals surface area contributed by atoms with E-state index in [1.165, 1.54) is 30.6 Å². The normalized spacial score (nSPS) is 13.4. The summed E-state index contributed by atoms with van der Waals surface area (Å²) in [4.78, 5) is 45.4. The Morgan fingerprint density at radius 3 is 2.63 bits per heavy atom. The van der Waals surface area contributed by atoms with Crippen LogP contribution in [0.2, 0.25) is 0 Å². The molecule has 1 saturated heterocycles. The van der Waals surface area contributed by atoms with E-state index in [-0.39, 0.29) is 30.6 Å². The number of ether oxygens (including phenoxy) is 1. The maximum absolute atomic E-state index is 12.9. The van der Waals surface area contributed by atoms with Gasteiger partial charge in [0.25, 0.3) is 5.91 Å². The predicted octanol–water partition coefficient (Wildman–Crippen LogP) is 4.51. The second-order valence-electron chi connectivity index (χ2n) is 8.53. The summed E-state index contributed by atoms with van der Waals surface area (Å²) in [5.74, 6) is -0.600. The number of esters is 1. The Bertz CT molecular complexity index is 987. The van der Waals surface area contributed by atoms with Gasteiger partial charge in [0.1, 0.15) is 5.69 Å². The van der Waals surface area contributed by atoms with Crippen molar-refractivity contribution in [1.82, 2.24) is 9.88 Å². The molecular formula is C26H36N4O4S. The lowest BCUT2D eigenvalue weighted by atomic mass is 10.1. The molecule has 1 aromatic carbocycles. The summed E-state index contributed by atoms with van der Waals surface area (Å²) < 4.78 is 4.89. The van der Waals surface area contributed by atoms with Crippen molar-refractivity contribution in [3.63, 3.8) is 0 Å². The van der Waals surface area contributed by atoms with Gasteiger partial charge in [-0.15, -0.1) is 11.3 Å². The summed E-state index contributed by atoms with van der Waals surface area (Å²) >= 11 is 1.46. The Morgan fingerprint density at radius 1 is 1.11 bits per heavy atom. The molecule has 1 aliphatic rings. The molecule has 1 fully saturated rings. The van der Waals surface area contributed by atoms with Crippen LogP contribution in [0.5, 0.6) is 0 Å². The molecule has 0 bridgehead atoms. The monoisotopic (exact) mass is 500 g/mol. The van der Waals surface area contributed by atoms with Gasteiger partial charge in [-0.3, -0.25) is 14.4 Å². The molecule has 3 rings (SSSR count). The Labute approximate surface area is 211 Å². The largest absolute Gasteiger partial charge is 0.466 e. The highest BCUT2D eigenvalue weighted by molar-refractivity contribution is 7.09. The zero-order valence-electron chi connectivity index (χ0n) is 20.8. The highest BCUT2D eigenvalue weighted by atomic mass is 32.1. The molecule has 0 unspecified atom stereocenters. The Kier molecular flexibility index (Phi) is 10.5. The van der Waals surface area contributed by atoms with Gasteiger partial charge in [0, 0.05) is 44.4 Å². The first-order chi connectivity index (χ1) is 17.0. The van der Waals surface area contributed by atoms with Crippen LogP contribution in [-0.4, -0.2) is 60.5 Å². The third-order valence-corrected chi connectivity index (χ3v) is 6.94. The maximum atomic E-state index is 12.9. The first-order valence-corrected chi connectivity index (χ1v) is 13.4. The average Bonchev–Trinajstić information content (AvgIpc) is 3.35. The number of hydrogen-bond acceptors (Lipinski definition) is 7. The van der Waals surface area contributed by atoms with Crippen molar-refractivity contribution in [1.29, 1.82) is 0 Å². The fourth-order valence-corrected chi connectivity index (χ4v) is 5.01. The number of thiazole rings is 1. The number of piperidine rings is 1. The fraction of sp³-hybridized carbons (Fsp3) is 0.538. The minimum atomic E-state index is -0.343. The van der Waals surface area contributed by atoms with Gasteiger partial charge in [-0.25, -0.2) is 4.98 Å². The molecule has 0 atom stereocenters. The number of hydrogen-bond donors (Lipinski definition) is 1. The van der Waals surface area contributed by atoms with Crippen LogP contribution in [-0.2, 0) is 20.7 Å². The van der Waals surface area contributed by atoms with Crippen molar-refractivity contribution in [2.24, 2.45) is 0 Å². The maximum Gasteiger partial charge on any atom is 0.306 e. The number of para-hydroxylation sites is 2. The molecule has 1 aliphatic heterocycles. The van der Waals surface area contributed by atoms with E-state index in [1.54, 1.807) is 17.2 Å². The highest BCUT2D eigenvalue weighted by Gasteiger charge is 2.18. The SMILES string of the molecule is CCOC(=O)CCC(=O)N(CC)CCCc1nc(C(=O)Nc2ccccc2N2CCCCC2)cs1. The Hall–Kier alpha value is -2.94. The number of carbonyl (C=O) groups excluding carboxylic acids is 3. The van der Waals surface area contributed by atoms with Crippen LogP contribution >= 0.6 is 11.3 Å². The van der Waals surface area contributed by atoms with Gasteiger partial charge in [0.2, 0.25) is 5.91 Å². The van der Waals surface area contributed by atoms with E-state index >= 15 is 0 Å². The minimum Gasteiger partial charge on any atom is -0.466 e. The smallest absolute Gasteiger partial charge is 0.306 e. The van der Waals surface area contributed by atoms with E-state index in [0.717, 1.165) is 35.9 Å². The number of rotatable bonds is 12. The molecule has 0 aliphatic carbocycles. The van der Waals surface area contributed by atoms with E-state index < -0.39 is 0 Å². The number of aromatic nitrogens is 1. The van der Waals surface area contributed by atoms with E-state index in [0.29, 0.717) is 31.8 Å². The van der Waals surface area contributed by atoms with Crippen LogP contribution in [0, 0.1) is 0 Å². The van der Waals surface area contributed by atoms with Gasteiger partial charge in [-0.05, 0) is 51.7 Å². The standard InChI is InChI=1S/C26H36N4O4S/c1-3-29(24(31)14-15-25(32)34-4-2)18-10-13-23-27-21(19-35-23)26(33)28-20-11-6-7-12-22(20)30-16-8-5-9-17-30/h6-7,11-12,19H,3-5,8-10,13-18H2,1-2H3,(H,28,33). The number of carbonyl (C=O) groups is 3. The molecule has 35 heavy (non-hydrogen) atoms. The lowest BCUT2D eigenvalue weighted by molar-refractivity contribution is -0.145. The number of anilines is 2. The number of nitrogens with one attached hydrogen (secondary N) is 1. The summed E-state index contributed by atoms with van der Waals surface area (Å²) in [7, 11) is 0. The van der Waals surface area contributed by atoms with Crippen molar-refractivity contribution in [2.75, 3.05) is 43.0 Å². The molecule has 0 spiro atoms. The lowest BCUT2D eigenvalue weighted by Gasteiger charge is -2.30. The second kappa shape index (κ2) is 13.8. The Balaban J connectivity index is 1.49. The van der Waals surface area contributed by atoms with E-state index in [4.69, 9.17) is 4.74 Å². The molecular weight excluding hydrogens is 464 g/mol. The molecule has 1 aromatic heterocycles. The molecule has 190 valence electrons. The predicted molar refractivity (Wildman–Crippen MR) is 139 cm³/mol. The van der Waals surface area contributed by atoms with Crippen LogP contribution in [0.25, 0.3) is 0 Å². The van der Waals surface area contributed by atoms with E-state index in [2.05, 4.69) is 21.3 Å². The topological polar surface area (TPSA) is 91.8 Å². The van der Waals surface area contributed by atoms with Crippen molar-refractivity contribution in [3.8, 4) is 0 Å². The molecule has 2 aromatic rings. The lowest BCUT2D eigenvalue weighted by Crippen LogP contribution is -2.32. The van der Waals surface area contributed by atoms with Crippen LogP contribution < -0.4 is 10.2 Å². The average molecular weight is 501 g/mol. The number of aryl methyl sites for hydroxylation is 1. The number of amides is 2. The third-order valence-electron chi connectivity index (χ3n) is 6.03. The van der Waals surface area contributed by atoms with Gasteiger partial charge in [0.05, 0.1) is 29.4 Å². The zero-order valence-corrected chi connectivity index (χ0v) is 21.6. The fourth-order valence-electron chi connectivity index (χ4n) is 4.19. The molecule has 1 N–H and O–H groups in total. The first kappa shape index (κ1) is 26.7. The molecule has 2 heterocycles. The van der Waals surface area contributed by atoms with Gasteiger partial charge in [0.15, 0.2) is 0 Å². The van der Waals surface area contributed by atoms with Gasteiger partial charge < -0.3 is 19.9 Å². The number of nitrogens with zero attached hydrogens (tertiary/aromatic N) is 3. The van der Waals surface area contributed by atoms with Crippen LogP contribution in [0.4, 0.5) is 11.4 Å². The summed E-state index contributed by atoms with van der Waals surface area (Å²) in [5.41, 5.74) is 2.29. The minimum absolute atomic E-state index is 0.0490. The van der Waals surface area contributed by atoms with Crippen LogP contribution in [0.15, 0.2) is 29.6 Å². The summed E-state index contributed by atoms with van der Waals surface area (Å²) in [6, 6.07) is 7.93. The van der Waals surface area contributed by atoms with Crippen LogP contribution in [0.3, 0.4) is 0 Å². The van der Waals surface area contributed by atoms with Crippen molar-refractivity contribution >= 4 is 40.5 Å². The van der Waals surface area contributed by atoms with Crippen molar-refractivity contribution in [2.45, 2.75) is 58.8 Å². The van der Waals surface area contributed by atoms with Crippen molar-refractivity contribution < 1.29 is 19.1 Å². The molecule has 0 saturated carbocycles. The highest BCUT2D eigenvalue weighted by Crippen LogP contribution is 2.28. The number of benzene rings is 1. The van der Waals surface area contributed by atoms with Gasteiger partial charge >= 0.3 is 5.97 Å². The first-order valence-electron chi connectivity index (χ1n) is 12.5. The third kappa shape index (κ3) is 8.06. The molecule has 8 nitrogen and oxygen atoms in total. The molecule has 0 radical (unpaired) electrons. The van der Waals surface area contributed by atoms with E-state index in [9.17, 15) is 14.4 Å². The van der Waals surface area contributed by atoms with Gasteiger partial charge in [-0.2, -0.15) is 0 Å². The van der Waals surface area contributed by atoms with Crippen molar-refractivity contribution in [3.05, 3.63) is 40.3 Å². The summed E-state index contributed by atoms with van der Waals surface area (Å²) in [6.07, 6.45) is 5.29. The second-order valence-corrected chi connectivity index (χ2v) is 9.47. The molecule has 9 heteroatoms. The quantitative estimate of drug-likeness (QED) is 0.431. The van der Waals surface area contributed by atoms with E-state index in [1.807, 2.05) is 25.1 Å². The summed E-state index contributed by atoms with van der Waals surface area (Å²) in [6.45, 7) is 7.19. The van der Waals surface area contributed by atoms with Gasteiger partial charge in [-0.1, -0.05) is 12.1 Å². The zero-order chi connectivity index (χ0) is 25.0. The Morgan fingerprint density at radius 2 is 1.89 bits per heavy atom.